The number of hydrogen-bond donors (Lipinski definition) is 1. The number of carbonyl (C=O) groups excluding carboxylic acids is 1. The van der Waals surface area contributed by atoms with Crippen molar-refractivity contribution in [2.24, 2.45) is 0 Å². The van der Waals surface area contributed by atoms with Crippen molar-refractivity contribution in [1.29, 1.82) is 0 Å². The van der Waals surface area contributed by atoms with Crippen molar-refractivity contribution in [2.75, 3.05) is 18.6 Å². The third-order valence-electron chi connectivity index (χ3n) is 2.89. The molecule has 2 unspecified atom stereocenters. The molecule has 1 fully saturated rings. The van der Waals surface area contributed by atoms with Crippen LogP contribution in [0.3, 0.4) is 0 Å². The van der Waals surface area contributed by atoms with Crippen molar-refractivity contribution in [3.63, 3.8) is 0 Å². The van der Waals surface area contributed by atoms with Gasteiger partial charge in [0.05, 0.1) is 12.3 Å². The molecule has 1 aromatic rings. The van der Waals surface area contributed by atoms with Gasteiger partial charge in [0, 0.05) is 12.3 Å². The van der Waals surface area contributed by atoms with E-state index in [1.165, 1.54) is 6.26 Å². The molecule has 0 aromatic carbocycles. The molecule has 1 aliphatic heterocycles. The standard InChI is InChI=1S/C11H16N2O3S2/c1-8(7-18(2,15)16)13-10(14)5-12-11(13)9-3-4-17-6-9/h3-4,6,8,11-12H,5,7H2,1-2H3. The van der Waals surface area contributed by atoms with E-state index in [1.54, 1.807) is 23.2 Å². The fourth-order valence-electron chi connectivity index (χ4n) is 2.25. The van der Waals surface area contributed by atoms with E-state index in [9.17, 15) is 13.2 Å². The Morgan fingerprint density at radius 1 is 1.61 bits per heavy atom. The number of hydrogen-bond acceptors (Lipinski definition) is 5. The Kier molecular flexibility index (Phi) is 3.74. The van der Waals surface area contributed by atoms with Crippen LogP contribution in [0.25, 0.3) is 0 Å². The molecule has 2 atom stereocenters. The molecule has 0 bridgehead atoms. The zero-order valence-corrected chi connectivity index (χ0v) is 11.9. The normalized spacial score (nSPS) is 22.4. The maximum atomic E-state index is 11.9. The molecule has 1 N–H and O–H groups in total. The first kappa shape index (κ1) is 13.5. The van der Waals surface area contributed by atoms with Gasteiger partial charge in [-0.1, -0.05) is 0 Å². The van der Waals surface area contributed by atoms with E-state index in [1.807, 2.05) is 16.8 Å². The maximum Gasteiger partial charge on any atom is 0.238 e. The van der Waals surface area contributed by atoms with E-state index in [-0.39, 0.29) is 30.4 Å². The summed E-state index contributed by atoms with van der Waals surface area (Å²) >= 11 is 1.56. The fraction of sp³-hybridized carbons (Fsp3) is 0.545. The number of rotatable bonds is 4. The summed E-state index contributed by atoms with van der Waals surface area (Å²) in [6.07, 6.45) is 0.984. The highest BCUT2D eigenvalue weighted by molar-refractivity contribution is 7.90. The van der Waals surface area contributed by atoms with Crippen LogP contribution in [0.5, 0.6) is 0 Å². The van der Waals surface area contributed by atoms with Gasteiger partial charge in [-0.25, -0.2) is 8.42 Å². The number of carbonyl (C=O) groups is 1. The molecule has 0 saturated carbocycles. The molecule has 0 spiro atoms. The Balaban J connectivity index is 2.20. The number of amides is 1. The van der Waals surface area contributed by atoms with Gasteiger partial charge in [0.1, 0.15) is 16.0 Å². The summed E-state index contributed by atoms with van der Waals surface area (Å²) in [5.41, 5.74) is 1.01. The first-order valence-corrected chi connectivity index (χ1v) is 8.63. The van der Waals surface area contributed by atoms with Gasteiger partial charge in [-0.3, -0.25) is 10.1 Å². The second kappa shape index (κ2) is 4.99. The van der Waals surface area contributed by atoms with Crippen LogP contribution in [0, 0.1) is 0 Å². The third-order valence-corrected chi connectivity index (χ3v) is 4.68. The minimum atomic E-state index is -3.10. The summed E-state index contributed by atoms with van der Waals surface area (Å²) in [6.45, 7) is 2.03. The van der Waals surface area contributed by atoms with Gasteiger partial charge >= 0.3 is 0 Å². The zero-order chi connectivity index (χ0) is 13.3. The minimum absolute atomic E-state index is 0.0128. The van der Waals surface area contributed by atoms with Crippen LogP contribution in [-0.4, -0.2) is 43.8 Å². The minimum Gasteiger partial charge on any atom is -0.318 e. The lowest BCUT2D eigenvalue weighted by Crippen LogP contribution is -2.41. The lowest BCUT2D eigenvalue weighted by molar-refractivity contribution is -0.129. The van der Waals surface area contributed by atoms with Crippen molar-refractivity contribution in [1.82, 2.24) is 10.2 Å². The molecule has 5 nitrogen and oxygen atoms in total. The van der Waals surface area contributed by atoms with Gasteiger partial charge < -0.3 is 4.90 Å². The molecule has 1 amide bonds. The zero-order valence-electron chi connectivity index (χ0n) is 10.3. The average molecular weight is 288 g/mol. The molecule has 1 aromatic heterocycles. The van der Waals surface area contributed by atoms with E-state index in [4.69, 9.17) is 0 Å². The van der Waals surface area contributed by atoms with Crippen LogP contribution in [0.2, 0.25) is 0 Å². The Labute approximate surface area is 111 Å². The first-order valence-electron chi connectivity index (χ1n) is 5.63. The SMILES string of the molecule is CC(CS(C)(=O)=O)N1C(=O)CNC1c1ccsc1. The van der Waals surface area contributed by atoms with Crippen molar-refractivity contribution in [3.05, 3.63) is 22.4 Å². The molecule has 2 rings (SSSR count). The molecular weight excluding hydrogens is 272 g/mol. The average Bonchev–Trinajstić information content (AvgIpc) is 2.82. The van der Waals surface area contributed by atoms with Crippen LogP contribution < -0.4 is 5.32 Å². The third kappa shape index (κ3) is 2.90. The molecule has 7 heteroatoms. The van der Waals surface area contributed by atoms with E-state index in [2.05, 4.69) is 5.32 Å². The van der Waals surface area contributed by atoms with Crippen LogP contribution >= 0.6 is 11.3 Å². The highest BCUT2D eigenvalue weighted by Crippen LogP contribution is 2.26. The smallest absolute Gasteiger partial charge is 0.238 e. The van der Waals surface area contributed by atoms with Gasteiger partial charge in [-0.05, 0) is 29.3 Å². The predicted molar refractivity (Wildman–Crippen MR) is 71.1 cm³/mol. The molecule has 0 aliphatic carbocycles. The molecule has 0 radical (unpaired) electrons. The molecular formula is C11H16N2O3S2. The van der Waals surface area contributed by atoms with Gasteiger partial charge in [-0.15, -0.1) is 0 Å². The van der Waals surface area contributed by atoms with E-state index >= 15 is 0 Å². The van der Waals surface area contributed by atoms with Gasteiger partial charge in [0.2, 0.25) is 5.91 Å². The second-order valence-corrected chi connectivity index (χ2v) is 7.55. The summed E-state index contributed by atoms with van der Waals surface area (Å²) in [4.78, 5) is 13.5. The molecule has 100 valence electrons. The molecule has 2 heterocycles. The Morgan fingerprint density at radius 3 is 2.89 bits per heavy atom. The quantitative estimate of drug-likeness (QED) is 0.881. The Hall–Kier alpha value is -0.920. The predicted octanol–water partition coefficient (Wildman–Crippen LogP) is 0.612. The summed E-state index contributed by atoms with van der Waals surface area (Å²) < 4.78 is 22.7. The maximum absolute atomic E-state index is 11.9. The van der Waals surface area contributed by atoms with Crippen LogP contribution in [0.1, 0.15) is 18.7 Å². The second-order valence-electron chi connectivity index (χ2n) is 4.58. The van der Waals surface area contributed by atoms with Gasteiger partial charge in [0.15, 0.2) is 0 Å². The van der Waals surface area contributed by atoms with Crippen molar-refractivity contribution in [3.8, 4) is 0 Å². The van der Waals surface area contributed by atoms with E-state index in [0.717, 1.165) is 5.56 Å². The fourth-order valence-corrected chi connectivity index (χ4v) is 3.96. The summed E-state index contributed by atoms with van der Waals surface area (Å²) in [5.74, 6) is -0.0662. The monoisotopic (exact) mass is 288 g/mol. The first-order chi connectivity index (χ1) is 8.38. The van der Waals surface area contributed by atoms with Crippen LogP contribution in [0.4, 0.5) is 0 Å². The molecule has 18 heavy (non-hydrogen) atoms. The summed E-state index contributed by atoms with van der Waals surface area (Å²) in [5, 5.41) is 7.03. The molecule has 1 saturated heterocycles. The van der Waals surface area contributed by atoms with E-state index < -0.39 is 9.84 Å². The summed E-state index contributed by atoms with van der Waals surface area (Å²) in [6, 6.07) is 1.62. The number of nitrogens with one attached hydrogen (secondary N) is 1. The van der Waals surface area contributed by atoms with E-state index in [0.29, 0.717) is 0 Å². The number of sulfone groups is 1. The van der Waals surface area contributed by atoms with Gasteiger partial charge in [0.25, 0.3) is 0 Å². The highest BCUT2D eigenvalue weighted by atomic mass is 32.2. The van der Waals surface area contributed by atoms with Crippen LogP contribution in [0.15, 0.2) is 16.8 Å². The van der Waals surface area contributed by atoms with Crippen molar-refractivity contribution < 1.29 is 13.2 Å². The van der Waals surface area contributed by atoms with Crippen molar-refractivity contribution in [2.45, 2.75) is 19.1 Å². The number of thiophene rings is 1. The molecule has 1 aliphatic rings. The van der Waals surface area contributed by atoms with Crippen LogP contribution in [-0.2, 0) is 14.6 Å². The van der Waals surface area contributed by atoms with Crippen molar-refractivity contribution >= 4 is 27.1 Å². The number of nitrogens with zero attached hydrogens (tertiary/aromatic N) is 1. The Morgan fingerprint density at radius 2 is 2.33 bits per heavy atom. The summed E-state index contributed by atoms with van der Waals surface area (Å²) in [7, 11) is -3.10. The largest absolute Gasteiger partial charge is 0.318 e. The lowest BCUT2D eigenvalue weighted by Gasteiger charge is -2.29. The Bertz CT molecular complexity index is 524. The topological polar surface area (TPSA) is 66.5 Å². The highest BCUT2D eigenvalue weighted by Gasteiger charge is 2.36. The lowest BCUT2D eigenvalue weighted by atomic mass is 10.2. The van der Waals surface area contributed by atoms with Gasteiger partial charge in [-0.2, -0.15) is 11.3 Å².